The van der Waals surface area contributed by atoms with Crippen molar-refractivity contribution < 1.29 is 9.90 Å². The van der Waals surface area contributed by atoms with Crippen LogP contribution in [-0.2, 0) is 4.79 Å². The zero-order valence-electron chi connectivity index (χ0n) is 11.7. The minimum Gasteiger partial charge on any atom is -0.481 e. The highest BCUT2D eigenvalue weighted by Crippen LogP contribution is 2.59. The van der Waals surface area contributed by atoms with Crippen molar-refractivity contribution in [2.24, 2.45) is 29.6 Å². The van der Waals surface area contributed by atoms with Crippen LogP contribution in [0.2, 0.25) is 0 Å². The molecule has 4 saturated carbocycles. The Morgan fingerprint density at radius 1 is 1.20 bits per heavy atom. The van der Waals surface area contributed by atoms with Crippen LogP contribution in [0.4, 0.5) is 0 Å². The minimum atomic E-state index is -0.695. The molecule has 0 saturated heterocycles. The highest BCUT2D eigenvalue weighted by molar-refractivity contribution is 5.67. The fourth-order valence-corrected chi connectivity index (χ4v) is 5.66. The fraction of sp³-hybridized carbons (Fsp3) is 0.750. The number of carboxylic acids is 1. The first-order chi connectivity index (χ1) is 9.70. The van der Waals surface area contributed by atoms with Crippen molar-refractivity contribution >= 4 is 5.97 Å². The maximum Gasteiger partial charge on any atom is 0.305 e. The van der Waals surface area contributed by atoms with E-state index in [9.17, 15) is 9.90 Å². The second-order valence-corrected chi connectivity index (χ2v) is 7.16. The van der Waals surface area contributed by atoms with Crippen LogP contribution in [0.1, 0.15) is 44.6 Å². The van der Waals surface area contributed by atoms with Crippen LogP contribution in [0.3, 0.4) is 0 Å². The lowest BCUT2D eigenvalue weighted by Crippen LogP contribution is -2.48. The molecule has 0 amide bonds. The number of aromatic nitrogens is 2. The normalized spacial score (nSPS) is 39.9. The highest BCUT2D eigenvalue weighted by atomic mass is 16.4. The molecule has 1 aromatic heterocycles. The third-order valence-corrected chi connectivity index (χ3v) is 5.99. The summed E-state index contributed by atoms with van der Waals surface area (Å²) in [6.45, 7) is 0. The van der Waals surface area contributed by atoms with E-state index in [4.69, 9.17) is 0 Å². The minimum absolute atomic E-state index is 0.0532. The first-order valence-electron chi connectivity index (χ1n) is 7.91. The standard InChI is InChI=1S/C16H22N2O2/c19-15(20)9-14(18-3-1-2-17-18)16-12-5-10-4-11(7-12)8-13(16)6-10/h1-3,10-14,16H,4-9H2,(H,19,20). The number of nitrogens with zero attached hydrogens (tertiary/aromatic N) is 2. The highest BCUT2D eigenvalue weighted by Gasteiger charge is 2.51. The zero-order valence-corrected chi connectivity index (χ0v) is 11.7. The molecule has 0 radical (unpaired) electrons. The van der Waals surface area contributed by atoms with Crippen molar-refractivity contribution in [3.05, 3.63) is 18.5 Å². The van der Waals surface area contributed by atoms with E-state index in [1.807, 2.05) is 16.9 Å². The van der Waals surface area contributed by atoms with Gasteiger partial charge >= 0.3 is 5.97 Å². The van der Waals surface area contributed by atoms with Crippen LogP contribution >= 0.6 is 0 Å². The molecule has 0 aromatic carbocycles. The summed E-state index contributed by atoms with van der Waals surface area (Å²) >= 11 is 0. The Morgan fingerprint density at radius 2 is 1.85 bits per heavy atom. The Balaban J connectivity index is 1.64. The molecule has 0 aliphatic heterocycles. The molecule has 4 fully saturated rings. The van der Waals surface area contributed by atoms with Crippen molar-refractivity contribution in [2.45, 2.75) is 44.6 Å². The number of rotatable bonds is 4. The number of carboxylic acid groups (broad SMARTS) is 1. The molecule has 1 heterocycles. The molecule has 1 aromatic rings. The summed E-state index contributed by atoms with van der Waals surface area (Å²) in [6.07, 6.45) is 10.7. The summed E-state index contributed by atoms with van der Waals surface area (Å²) < 4.78 is 1.92. The summed E-state index contributed by atoms with van der Waals surface area (Å²) in [6, 6.07) is 1.96. The largest absolute Gasteiger partial charge is 0.481 e. The van der Waals surface area contributed by atoms with E-state index < -0.39 is 5.97 Å². The van der Waals surface area contributed by atoms with Gasteiger partial charge in [0.2, 0.25) is 0 Å². The average Bonchev–Trinajstić information content (AvgIpc) is 2.89. The van der Waals surface area contributed by atoms with E-state index in [1.165, 1.54) is 32.1 Å². The number of carbonyl (C=O) groups is 1. The van der Waals surface area contributed by atoms with Crippen LogP contribution in [-0.4, -0.2) is 20.9 Å². The second kappa shape index (κ2) is 4.61. The maximum absolute atomic E-state index is 11.3. The van der Waals surface area contributed by atoms with Crippen LogP contribution in [0.5, 0.6) is 0 Å². The molecule has 20 heavy (non-hydrogen) atoms. The van der Waals surface area contributed by atoms with Gasteiger partial charge in [0, 0.05) is 12.4 Å². The Bertz CT molecular complexity index is 469. The van der Waals surface area contributed by atoms with E-state index in [1.54, 1.807) is 6.20 Å². The molecule has 1 atom stereocenters. The van der Waals surface area contributed by atoms with E-state index in [0.29, 0.717) is 5.92 Å². The van der Waals surface area contributed by atoms with Crippen molar-refractivity contribution in [1.29, 1.82) is 0 Å². The molecule has 5 rings (SSSR count). The van der Waals surface area contributed by atoms with Crippen molar-refractivity contribution in [2.75, 3.05) is 0 Å². The van der Waals surface area contributed by atoms with Crippen LogP contribution in [0, 0.1) is 29.6 Å². The predicted octanol–water partition coefficient (Wildman–Crippen LogP) is 2.97. The van der Waals surface area contributed by atoms with Crippen molar-refractivity contribution in [1.82, 2.24) is 9.78 Å². The van der Waals surface area contributed by atoms with Gasteiger partial charge in [-0.25, -0.2) is 0 Å². The smallest absolute Gasteiger partial charge is 0.305 e. The predicted molar refractivity (Wildman–Crippen MR) is 74.1 cm³/mol. The molecule has 4 aliphatic carbocycles. The summed E-state index contributed by atoms with van der Waals surface area (Å²) in [5.74, 6) is 3.16. The lowest BCUT2D eigenvalue weighted by molar-refractivity contribution is -0.140. The topological polar surface area (TPSA) is 55.1 Å². The molecule has 0 spiro atoms. The van der Waals surface area contributed by atoms with E-state index in [-0.39, 0.29) is 12.5 Å². The van der Waals surface area contributed by atoms with Crippen molar-refractivity contribution in [3.63, 3.8) is 0 Å². The number of hydrogen-bond acceptors (Lipinski definition) is 2. The summed E-state index contributed by atoms with van der Waals surface area (Å²) in [5, 5.41) is 13.7. The first kappa shape index (κ1) is 12.4. The lowest BCUT2D eigenvalue weighted by atomic mass is 9.50. The molecule has 4 nitrogen and oxygen atoms in total. The molecular weight excluding hydrogens is 252 g/mol. The Hall–Kier alpha value is -1.32. The first-order valence-corrected chi connectivity index (χ1v) is 7.91. The van der Waals surface area contributed by atoms with Gasteiger partial charge in [-0.05, 0) is 67.8 Å². The van der Waals surface area contributed by atoms with Gasteiger partial charge in [-0.15, -0.1) is 0 Å². The summed E-state index contributed by atoms with van der Waals surface area (Å²) in [5.41, 5.74) is 0. The quantitative estimate of drug-likeness (QED) is 0.918. The lowest BCUT2D eigenvalue weighted by Gasteiger charge is -2.56. The monoisotopic (exact) mass is 274 g/mol. The van der Waals surface area contributed by atoms with Gasteiger partial charge in [0.25, 0.3) is 0 Å². The average molecular weight is 274 g/mol. The van der Waals surface area contributed by atoms with Crippen LogP contribution in [0.15, 0.2) is 18.5 Å². The van der Waals surface area contributed by atoms with Gasteiger partial charge in [0.05, 0.1) is 12.5 Å². The molecular formula is C16H22N2O2. The number of aliphatic carboxylic acids is 1. The maximum atomic E-state index is 11.3. The van der Waals surface area contributed by atoms with Gasteiger partial charge in [-0.2, -0.15) is 5.10 Å². The van der Waals surface area contributed by atoms with Gasteiger partial charge < -0.3 is 5.11 Å². The summed E-state index contributed by atoms with van der Waals surface area (Å²) in [7, 11) is 0. The SMILES string of the molecule is O=C(O)CC(C1C2CC3CC(C2)CC1C3)n1cccn1. The third-order valence-electron chi connectivity index (χ3n) is 5.99. The number of hydrogen-bond donors (Lipinski definition) is 1. The van der Waals surface area contributed by atoms with Gasteiger partial charge in [-0.3, -0.25) is 9.48 Å². The third kappa shape index (κ3) is 1.97. The zero-order chi connectivity index (χ0) is 13.7. The summed E-state index contributed by atoms with van der Waals surface area (Å²) in [4.78, 5) is 11.3. The van der Waals surface area contributed by atoms with E-state index in [2.05, 4.69) is 5.10 Å². The second-order valence-electron chi connectivity index (χ2n) is 7.16. The van der Waals surface area contributed by atoms with E-state index >= 15 is 0 Å². The molecule has 1 N–H and O–H groups in total. The molecule has 4 bridgehead atoms. The van der Waals surface area contributed by atoms with Gasteiger partial charge in [0.1, 0.15) is 0 Å². The van der Waals surface area contributed by atoms with Crippen LogP contribution in [0.25, 0.3) is 0 Å². The molecule has 4 aliphatic rings. The molecule has 1 unspecified atom stereocenters. The van der Waals surface area contributed by atoms with Gasteiger partial charge in [0.15, 0.2) is 0 Å². The van der Waals surface area contributed by atoms with Crippen molar-refractivity contribution in [3.8, 4) is 0 Å². The Kier molecular flexibility index (Phi) is 2.86. The Morgan fingerprint density at radius 3 is 2.35 bits per heavy atom. The fourth-order valence-electron chi connectivity index (χ4n) is 5.66. The van der Waals surface area contributed by atoms with Crippen LogP contribution < -0.4 is 0 Å². The van der Waals surface area contributed by atoms with Gasteiger partial charge in [-0.1, -0.05) is 0 Å². The molecule has 108 valence electrons. The molecule has 4 heteroatoms. The Labute approximate surface area is 119 Å². The van der Waals surface area contributed by atoms with E-state index in [0.717, 1.165) is 23.7 Å².